The second kappa shape index (κ2) is 8.65. The fraction of sp³-hybridized carbons (Fsp3) is 0.182. The van der Waals surface area contributed by atoms with E-state index < -0.39 is 17.5 Å². The van der Waals surface area contributed by atoms with Gasteiger partial charge in [-0.05, 0) is 57.2 Å². The van der Waals surface area contributed by atoms with Gasteiger partial charge in [0.15, 0.2) is 5.76 Å². The Morgan fingerprint density at radius 2 is 1.73 bits per heavy atom. The van der Waals surface area contributed by atoms with Crippen molar-refractivity contribution in [2.24, 2.45) is 0 Å². The predicted octanol–water partition coefficient (Wildman–Crippen LogP) is 6.37. The minimum absolute atomic E-state index is 0.144. The van der Waals surface area contributed by atoms with E-state index in [4.69, 9.17) is 9.15 Å². The number of aromatic nitrogens is 1. The van der Waals surface area contributed by atoms with Crippen LogP contribution < -0.4 is 10.7 Å². The Morgan fingerprint density at radius 1 is 1.10 bits per heavy atom. The lowest BCUT2D eigenvalue weighted by Gasteiger charge is -2.28. The number of oxazole rings is 1. The first-order valence-corrected chi connectivity index (χ1v) is 10.6. The van der Waals surface area contributed by atoms with Crippen LogP contribution in [0.5, 0.6) is 0 Å². The molecule has 0 spiro atoms. The summed E-state index contributed by atoms with van der Waals surface area (Å²) in [6, 6.07) is 14.3. The van der Waals surface area contributed by atoms with Crippen LogP contribution in [0.2, 0.25) is 0 Å². The van der Waals surface area contributed by atoms with E-state index in [9.17, 15) is 9.59 Å². The Morgan fingerprint density at radius 3 is 2.33 bits per heavy atom. The van der Waals surface area contributed by atoms with Gasteiger partial charge in [-0.1, -0.05) is 50.6 Å². The van der Waals surface area contributed by atoms with E-state index in [1.807, 2.05) is 18.2 Å². The minimum Gasteiger partial charge on any atom is -0.443 e. The van der Waals surface area contributed by atoms with Crippen molar-refractivity contribution in [3.05, 3.63) is 86.6 Å². The molecule has 1 heterocycles. The van der Waals surface area contributed by atoms with Crippen LogP contribution >= 0.6 is 31.9 Å². The normalized spacial score (nSPS) is 11.2. The first kappa shape index (κ1) is 22.1. The third kappa shape index (κ3) is 5.12. The summed E-state index contributed by atoms with van der Waals surface area (Å²) in [6.07, 6.45) is 0.866. The number of carbonyl (C=O) groups excluding carboxylic acids is 1. The Bertz CT molecular complexity index is 1160. The molecule has 0 bridgehead atoms. The van der Waals surface area contributed by atoms with Crippen LogP contribution in [-0.4, -0.2) is 16.3 Å². The van der Waals surface area contributed by atoms with E-state index in [1.165, 1.54) is 15.7 Å². The predicted molar refractivity (Wildman–Crippen MR) is 124 cm³/mol. The van der Waals surface area contributed by atoms with E-state index in [-0.39, 0.29) is 11.5 Å². The van der Waals surface area contributed by atoms with E-state index in [2.05, 4.69) is 38.4 Å². The number of carbonyl (C=O) groups is 1. The molecule has 0 radical (unpaired) electrons. The maximum absolute atomic E-state index is 13.0. The van der Waals surface area contributed by atoms with Crippen LogP contribution in [0.25, 0.3) is 11.4 Å². The highest BCUT2D eigenvalue weighted by atomic mass is 79.9. The topological polar surface area (TPSA) is 64.7 Å². The average Bonchev–Trinajstić information content (AvgIpc) is 3.02. The molecule has 1 aromatic heterocycles. The molecular weight excluding hydrogens is 516 g/mol. The largest absolute Gasteiger partial charge is 0.443 e. The van der Waals surface area contributed by atoms with Gasteiger partial charge in [-0.15, -0.1) is 0 Å². The molecule has 0 aliphatic rings. The van der Waals surface area contributed by atoms with E-state index >= 15 is 0 Å². The Labute approximate surface area is 191 Å². The molecule has 3 rings (SSSR count). The molecule has 156 valence electrons. The van der Waals surface area contributed by atoms with Crippen LogP contribution in [0.1, 0.15) is 26.5 Å². The van der Waals surface area contributed by atoms with Crippen LogP contribution in [0.3, 0.4) is 0 Å². The molecule has 3 aromatic rings. The Balaban J connectivity index is 2.04. The molecule has 0 unspecified atom stereocenters. The SMILES string of the molecule is C=C(c1cn(-c2cccc(Br)c2)c(=O)o1)N(C(=O)OC(C)(C)C)c1cccc(Br)c1. The third-order valence-electron chi connectivity index (χ3n) is 3.92. The maximum atomic E-state index is 13.0. The quantitative estimate of drug-likeness (QED) is 0.389. The van der Waals surface area contributed by atoms with Gasteiger partial charge in [0.05, 0.1) is 23.3 Å². The fourth-order valence-electron chi connectivity index (χ4n) is 2.68. The van der Waals surface area contributed by atoms with Crippen LogP contribution in [0.15, 0.2) is 79.5 Å². The summed E-state index contributed by atoms with van der Waals surface area (Å²) in [4.78, 5) is 26.7. The van der Waals surface area contributed by atoms with E-state index in [1.54, 1.807) is 51.1 Å². The molecule has 8 heteroatoms. The lowest BCUT2D eigenvalue weighted by molar-refractivity contribution is 0.0600. The van der Waals surface area contributed by atoms with Gasteiger partial charge in [0.25, 0.3) is 0 Å². The number of hydrogen-bond donors (Lipinski definition) is 0. The number of hydrogen-bond acceptors (Lipinski definition) is 4. The number of anilines is 1. The zero-order chi connectivity index (χ0) is 22.1. The summed E-state index contributed by atoms with van der Waals surface area (Å²) >= 11 is 6.80. The third-order valence-corrected chi connectivity index (χ3v) is 4.91. The average molecular weight is 536 g/mol. The van der Waals surface area contributed by atoms with E-state index in [0.29, 0.717) is 11.4 Å². The van der Waals surface area contributed by atoms with Crippen molar-refractivity contribution < 1.29 is 13.9 Å². The zero-order valence-electron chi connectivity index (χ0n) is 16.7. The number of ether oxygens (including phenoxy) is 1. The molecule has 2 aromatic carbocycles. The van der Waals surface area contributed by atoms with Crippen LogP contribution in [-0.2, 0) is 4.74 Å². The molecule has 0 fully saturated rings. The number of benzene rings is 2. The highest BCUT2D eigenvalue weighted by Gasteiger charge is 2.28. The van der Waals surface area contributed by atoms with Gasteiger partial charge >= 0.3 is 11.8 Å². The van der Waals surface area contributed by atoms with Crippen molar-refractivity contribution in [1.82, 2.24) is 4.57 Å². The summed E-state index contributed by atoms with van der Waals surface area (Å²) in [6.45, 7) is 9.33. The summed E-state index contributed by atoms with van der Waals surface area (Å²) < 4.78 is 13.9. The molecule has 0 atom stereocenters. The van der Waals surface area contributed by atoms with Gasteiger partial charge in [0.2, 0.25) is 0 Å². The van der Waals surface area contributed by atoms with Crippen molar-refractivity contribution in [2.45, 2.75) is 26.4 Å². The van der Waals surface area contributed by atoms with Crippen LogP contribution in [0, 0.1) is 0 Å². The smallest absolute Gasteiger partial charge is 0.424 e. The molecule has 0 saturated carbocycles. The van der Waals surface area contributed by atoms with Crippen molar-refractivity contribution in [3.63, 3.8) is 0 Å². The molecule has 1 amide bonds. The zero-order valence-corrected chi connectivity index (χ0v) is 19.9. The second-order valence-electron chi connectivity index (χ2n) is 7.45. The second-order valence-corrected chi connectivity index (χ2v) is 9.28. The highest BCUT2D eigenvalue weighted by molar-refractivity contribution is 9.10. The summed E-state index contributed by atoms with van der Waals surface area (Å²) in [5.74, 6) is -0.451. The van der Waals surface area contributed by atoms with Gasteiger partial charge < -0.3 is 9.15 Å². The van der Waals surface area contributed by atoms with E-state index in [0.717, 1.165) is 8.95 Å². The standard InChI is InChI=1S/C22H20Br2N2O4/c1-14(19-13-25(20(27)29-19)17-9-5-7-15(23)11-17)26(21(28)30-22(2,3)4)18-10-6-8-16(24)12-18/h5-13H,1H2,2-4H3. The molecule has 0 N–H and O–H groups in total. The highest BCUT2D eigenvalue weighted by Crippen LogP contribution is 2.29. The Hall–Kier alpha value is -2.58. The first-order valence-electron chi connectivity index (χ1n) is 9.01. The number of halogens is 2. The van der Waals surface area contributed by atoms with Crippen LogP contribution in [0.4, 0.5) is 10.5 Å². The summed E-state index contributed by atoms with van der Waals surface area (Å²) in [5.41, 5.74) is 0.586. The maximum Gasteiger partial charge on any atom is 0.424 e. The monoisotopic (exact) mass is 534 g/mol. The van der Waals surface area contributed by atoms with Gasteiger partial charge in [0.1, 0.15) is 5.60 Å². The molecule has 6 nitrogen and oxygen atoms in total. The fourth-order valence-corrected chi connectivity index (χ4v) is 3.46. The summed E-state index contributed by atoms with van der Waals surface area (Å²) in [5, 5.41) is 0. The first-order chi connectivity index (χ1) is 14.0. The molecule has 0 aliphatic carbocycles. The number of rotatable bonds is 4. The molecule has 0 aliphatic heterocycles. The lowest BCUT2D eigenvalue weighted by atomic mass is 10.2. The van der Waals surface area contributed by atoms with Crippen molar-refractivity contribution >= 4 is 49.3 Å². The van der Waals surface area contributed by atoms with Gasteiger partial charge in [0, 0.05) is 8.95 Å². The minimum atomic E-state index is -0.718. The number of amides is 1. The number of nitrogens with zero attached hydrogens (tertiary/aromatic N) is 2. The van der Waals surface area contributed by atoms with Gasteiger partial charge in [-0.25, -0.2) is 19.1 Å². The lowest BCUT2D eigenvalue weighted by Crippen LogP contribution is -2.35. The van der Waals surface area contributed by atoms with Gasteiger partial charge in [-0.3, -0.25) is 0 Å². The summed E-state index contributed by atoms with van der Waals surface area (Å²) in [7, 11) is 0. The van der Waals surface area contributed by atoms with Gasteiger partial charge in [-0.2, -0.15) is 0 Å². The van der Waals surface area contributed by atoms with Crippen molar-refractivity contribution in [3.8, 4) is 5.69 Å². The molecule has 30 heavy (non-hydrogen) atoms. The molecular formula is C22H20Br2N2O4. The molecule has 0 saturated heterocycles. The van der Waals surface area contributed by atoms with Crippen molar-refractivity contribution in [2.75, 3.05) is 4.90 Å². The van der Waals surface area contributed by atoms with Crippen molar-refractivity contribution in [1.29, 1.82) is 0 Å². The Kier molecular flexibility index (Phi) is 6.38.